The number of rotatable bonds is 3. The van der Waals surface area contributed by atoms with Crippen LogP contribution in [-0.4, -0.2) is 28.4 Å². The Labute approximate surface area is 186 Å². The number of aromatic nitrogens is 2. The molecule has 32 heavy (non-hydrogen) atoms. The fourth-order valence-corrected chi connectivity index (χ4v) is 4.24. The van der Waals surface area contributed by atoms with Crippen molar-refractivity contribution in [2.75, 3.05) is 6.61 Å². The van der Waals surface area contributed by atoms with Gasteiger partial charge < -0.3 is 15.2 Å². The van der Waals surface area contributed by atoms with E-state index in [2.05, 4.69) is 30.7 Å². The highest BCUT2D eigenvalue weighted by Gasteiger charge is 2.47. The highest BCUT2D eigenvalue weighted by atomic mass is 16.5. The number of nitrogens with zero attached hydrogens (tertiary/aromatic N) is 3. The van der Waals surface area contributed by atoms with Crippen LogP contribution in [0.2, 0.25) is 0 Å². The van der Waals surface area contributed by atoms with E-state index in [1.165, 1.54) is 6.33 Å². The minimum atomic E-state index is -0.892. The second-order valence-electron chi connectivity index (χ2n) is 9.41. The maximum atomic E-state index is 13.0. The summed E-state index contributed by atoms with van der Waals surface area (Å²) in [5, 5.41) is 0. The zero-order valence-corrected chi connectivity index (χ0v) is 18.3. The average molecular weight is 428 g/mol. The lowest BCUT2D eigenvalue weighted by molar-refractivity contribution is 0.0939. The fraction of sp³-hybridized carbons (Fsp3) is 0.280. The number of ether oxygens (including phenoxy) is 2. The normalized spacial score (nSPS) is 18.9. The molecule has 7 nitrogen and oxygen atoms in total. The van der Waals surface area contributed by atoms with Crippen molar-refractivity contribution in [3.8, 4) is 22.6 Å². The molecule has 0 saturated carbocycles. The quantitative estimate of drug-likeness (QED) is 0.619. The lowest BCUT2D eigenvalue weighted by atomic mass is 9.79. The molecule has 0 saturated heterocycles. The number of hydrogen-bond donors (Lipinski definition) is 1. The van der Waals surface area contributed by atoms with Crippen LogP contribution < -0.4 is 10.5 Å². The number of benzene rings is 2. The summed E-state index contributed by atoms with van der Waals surface area (Å²) in [5.41, 5.74) is 9.00. The monoisotopic (exact) mass is 428 g/mol. The van der Waals surface area contributed by atoms with Crippen LogP contribution in [0.4, 0.5) is 0 Å². The van der Waals surface area contributed by atoms with Gasteiger partial charge in [-0.25, -0.2) is 15.0 Å². The molecule has 2 N–H and O–H groups in total. The predicted molar refractivity (Wildman–Crippen MR) is 121 cm³/mol. The van der Waals surface area contributed by atoms with Gasteiger partial charge >= 0.3 is 0 Å². The van der Waals surface area contributed by atoms with Crippen LogP contribution >= 0.6 is 0 Å². The first-order valence-electron chi connectivity index (χ1n) is 10.5. The van der Waals surface area contributed by atoms with E-state index in [0.29, 0.717) is 23.5 Å². The molecule has 0 unspecified atom stereocenters. The molecule has 1 atom stereocenters. The number of aliphatic imine (C=N–C) groups is 1. The fourth-order valence-electron chi connectivity index (χ4n) is 4.24. The van der Waals surface area contributed by atoms with Gasteiger partial charge in [0.25, 0.3) is 6.02 Å². The van der Waals surface area contributed by atoms with Crippen molar-refractivity contribution in [1.29, 1.82) is 0 Å². The summed E-state index contributed by atoms with van der Waals surface area (Å²) in [6.07, 6.45) is 5.45. The SMILES string of the molecule is CC(C)(C)CC(=O)c1ccc2c(c1)[C@@]1(COC(N)=N1)c1cc(-c3cncnc3)ccc1O2. The Balaban J connectivity index is 1.66. The number of carbonyl (C=O) groups excluding carboxylic acids is 1. The lowest BCUT2D eigenvalue weighted by Crippen LogP contribution is -2.31. The molecule has 7 heteroatoms. The Morgan fingerprint density at radius 3 is 2.38 bits per heavy atom. The van der Waals surface area contributed by atoms with Gasteiger partial charge in [0, 0.05) is 41.1 Å². The van der Waals surface area contributed by atoms with Gasteiger partial charge in [-0.3, -0.25) is 4.79 Å². The van der Waals surface area contributed by atoms with E-state index in [4.69, 9.17) is 20.2 Å². The second kappa shape index (κ2) is 7.15. The van der Waals surface area contributed by atoms with Crippen LogP contribution in [-0.2, 0) is 10.3 Å². The Bertz CT molecular complexity index is 1250. The van der Waals surface area contributed by atoms with E-state index in [1.807, 2.05) is 36.4 Å². The Morgan fingerprint density at radius 2 is 1.72 bits per heavy atom. The highest BCUT2D eigenvalue weighted by Crippen LogP contribution is 2.51. The van der Waals surface area contributed by atoms with E-state index in [9.17, 15) is 4.79 Å². The molecule has 0 amide bonds. The van der Waals surface area contributed by atoms with E-state index in [-0.39, 0.29) is 23.8 Å². The minimum absolute atomic E-state index is 0.0762. The van der Waals surface area contributed by atoms with Gasteiger partial charge in [0.15, 0.2) is 11.3 Å². The Morgan fingerprint density at radius 1 is 1.03 bits per heavy atom. The van der Waals surface area contributed by atoms with Crippen molar-refractivity contribution in [2.45, 2.75) is 32.7 Å². The molecule has 1 spiro atoms. The van der Waals surface area contributed by atoms with Crippen LogP contribution in [0.3, 0.4) is 0 Å². The molecule has 0 bridgehead atoms. The topological polar surface area (TPSA) is 99.7 Å². The summed E-state index contributed by atoms with van der Waals surface area (Å²) in [6.45, 7) is 6.38. The highest BCUT2D eigenvalue weighted by molar-refractivity contribution is 5.97. The first kappa shape index (κ1) is 20.2. The van der Waals surface area contributed by atoms with Crippen LogP contribution in [0.5, 0.6) is 11.5 Å². The first-order chi connectivity index (χ1) is 15.2. The van der Waals surface area contributed by atoms with Crippen LogP contribution in [0.15, 0.2) is 60.1 Å². The van der Waals surface area contributed by atoms with Gasteiger partial charge in [-0.05, 0) is 41.3 Å². The standard InChI is InChI=1S/C25H24N4O3/c1-24(2,3)10-20(30)16-5-7-22-19(9-16)25(13-31-23(26)29-25)18-8-15(4-6-21(18)32-22)17-11-27-14-28-12-17/h4-9,11-12,14H,10,13H2,1-3H3,(H2,26,29)/t25-/m1/s1. The number of Topliss-reactive ketones (excluding diaryl/α,β-unsaturated/α-hetero) is 1. The smallest absolute Gasteiger partial charge is 0.283 e. The lowest BCUT2D eigenvalue weighted by Gasteiger charge is -2.34. The minimum Gasteiger partial charge on any atom is -0.462 e. The molecule has 2 aliphatic rings. The van der Waals surface area contributed by atoms with Crippen molar-refractivity contribution in [2.24, 2.45) is 16.1 Å². The zero-order chi connectivity index (χ0) is 22.5. The van der Waals surface area contributed by atoms with Crippen molar-refractivity contribution in [3.63, 3.8) is 0 Å². The summed E-state index contributed by atoms with van der Waals surface area (Å²) in [4.78, 5) is 25.9. The van der Waals surface area contributed by atoms with Crippen LogP contribution in [0.1, 0.15) is 48.7 Å². The number of nitrogens with two attached hydrogens (primary N) is 1. The largest absolute Gasteiger partial charge is 0.462 e. The van der Waals surface area contributed by atoms with Gasteiger partial charge in [0.05, 0.1) is 0 Å². The third kappa shape index (κ3) is 3.39. The molecule has 0 fully saturated rings. The Kier molecular flexibility index (Phi) is 4.51. The third-order valence-electron chi connectivity index (χ3n) is 5.71. The maximum absolute atomic E-state index is 13.0. The van der Waals surface area contributed by atoms with E-state index in [0.717, 1.165) is 22.3 Å². The molecule has 0 aliphatic carbocycles. The number of ketones is 1. The molecule has 5 rings (SSSR count). The molecule has 0 radical (unpaired) electrons. The molecule has 2 aliphatic heterocycles. The number of hydrogen-bond acceptors (Lipinski definition) is 7. The van der Waals surface area contributed by atoms with Crippen molar-refractivity contribution >= 4 is 11.8 Å². The first-order valence-corrected chi connectivity index (χ1v) is 10.5. The van der Waals surface area contributed by atoms with Gasteiger partial charge in [-0.1, -0.05) is 26.8 Å². The molecular weight excluding hydrogens is 404 g/mol. The van der Waals surface area contributed by atoms with Gasteiger partial charge in [0.1, 0.15) is 24.4 Å². The summed E-state index contributed by atoms with van der Waals surface area (Å²) in [5.74, 6) is 1.39. The van der Waals surface area contributed by atoms with Gasteiger partial charge in [0.2, 0.25) is 0 Å². The van der Waals surface area contributed by atoms with Gasteiger partial charge in [-0.2, -0.15) is 0 Å². The molecule has 1 aromatic heterocycles. The summed E-state index contributed by atoms with van der Waals surface area (Å²) in [7, 11) is 0. The van der Waals surface area contributed by atoms with Crippen molar-refractivity contribution in [1.82, 2.24) is 9.97 Å². The molecule has 162 valence electrons. The van der Waals surface area contributed by atoms with Crippen LogP contribution in [0, 0.1) is 5.41 Å². The molecule has 3 aromatic rings. The van der Waals surface area contributed by atoms with E-state index in [1.54, 1.807) is 12.4 Å². The maximum Gasteiger partial charge on any atom is 0.283 e. The summed E-state index contributed by atoms with van der Waals surface area (Å²) >= 11 is 0. The van der Waals surface area contributed by atoms with Crippen molar-refractivity contribution < 1.29 is 14.3 Å². The van der Waals surface area contributed by atoms with Crippen LogP contribution in [0.25, 0.3) is 11.1 Å². The second-order valence-corrected chi connectivity index (χ2v) is 9.41. The summed E-state index contributed by atoms with van der Waals surface area (Å²) < 4.78 is 11.9. The molecular formula is C25H24N4O3. The number of fused-ring (bicyclic) bond motifs is 4. The predicted octanol–water partition coefficient (Wildman–Crippen LogP) is 4.46. The third-order valence-corrected chi connectivity index (χ3v) is 5.71. The van der Waals surface area contributed by atoms with Crippen molar-refractivity contribution in [3.05, 3.63) is 71.8 Å². The summed E-state index contributed by atoms with van der Waals surface area (Å²) in [6, 6.07) is 11.5. The molecule has 2 aromatic carbocycles. The van der Waals surface area contributed by atoms with E-state index >= 15 is 0 Å². The number of amidine groups is 1. The Hall–Kier alpha value is -3.74. The number of carbonyl (C=O) groups is 1. The van der Waals surface area contributed by atoms with E-state index < -0.39 is 5.54 Å². The molecule has 3 heterocycles. The zero-order valence-electron chi connectivity index (χ0n) is 18.3. The average Bonchev–Trinajstić information content (AvgIpc) is 3.15. The van der Waals surface area contributed by atoms with Gasteiger partial charge in [-0.15, -0.1) is 0 Å².